The van der Waals surface area contributed by atoms with E-state index < -0.39 is 31.8 Å². The summed E-state index contributed by atoms with van der Waals surface area (Å²) in [4.78, 5) is 15.6. The minimum atomic E-state index is -4.45. The smallest absolute Gasteiger partial charge is 0.422 e. The summed E-state index contributed by atoms with van der Waals surface area (Å²) in [6.45, 7) is -1.92. The number of rotatable bonds is 9. The van der Waals surface area contributed by atoms with Gasteiger partial charge < -0.3 is 20.1 Å². The van der Waals surface area contributed by atoms with Crippen molar-refractivity contribution >= 4 is 6.03 Å². The van der Waals surface area contributed by atoms with Gasteiger partial charge in [-0.15, -0.1) is 0 Å². The van der Waals surface area contributed by atoms with Crippen LogP contribution in [0.1, 0.15) is 11.1 Å². The van der Waals surface area contributed by atoms with Gasteiger partial charge in [-0.05, 0) is 23.3 Å². The van der Waals surface area contributed by atoms with Crippen LogP contribution in [-0.4, -0.2) is 36.8 Å². The van der Waals surface area contributed by atoms with Crippen LogP contribution in [0.2, 0.25) is 0 Å². The van der Waals surface area contributed by atoms with E-state index >= 15 is 0 Å². The fourth-order valence-corrected chi connectivity index (χ4v) is 2.09. The van der Waals surface area contributed by atoms with Crippen LogP contribution in [0.5, 0.6) is 11.6 Å². The average molecular weight is 419 g/mol. The summed E-state index contributed by atoms with van der Waals surface area (Å²) in [5.74, 6) is 0.0911. The summed E-state index contributed by atoms with van der Waals surface area (Å²) in [7, 11) is 0. The molecule has 1 heterocycles. The second kappa shape index (κ2) is 10.4. The zero-order chi connectivity index (χ0) is 21.3. The van der Waals surface area contributed by atoms with Gasteiger partial charge in [0.05, 0.1) is 0 Å². The molecule has 2 N–H and O–H groups in total. The van der Waals surface area contributed by atoms with Gasteiger partial charge in [-0.1, -0.05) is 18.2 Å². The van der Waals surface area contributed by atoms with Crippen molar-refractivity contribution in [1.82, 2.24) is 15.6 Å². The number of nitrogens with one attached hydrogen (secondary N) is 2. The number of halogens is 5. The van der Waals surface area contributed by atoms with Crippen LogP contribution >= 0.6 is 0 Å². The van der Waals surface area contributed by atoms with Gasteiger partial charge in [-0.25, -0.2) is 18.6 Å². The summed E-state index contributed by atoms with van der Waals surface area (Å²) < 4.78 is 69.9. The molecule has 0 atom stereocenters. The summed E-state index contributed by atoms with van der Waals surface area (Å²) in [5.41, 5.74) is 1.21. The van der Waals surface area contributed by atoms with Crippen molar-refractivity contribution in [1.29, 1.82) is 0 Å². The third kappa shape index (κ3) is 9.08. The predicted molar refractivity (Wildman–Crippen MR) is 92.8 cm³/mol. The van der Waals surface area contributed by atoms with Gasteiger partial charge in [0.15, 0.2) is 6.61 Å². The number of hydrogen-bond acceptors (Lipinski definition) is 4. The fraction of sp³-hybridized carbons (Fsp3) is 0.333. The maximum absolute atomic E-state index is 12.2. The molecule has 29 heavy (non-hydrogen) atoms. The molecule has 1 aromatic carbocycles. The third-order valence-corrected chi connectivity index (χ3v) is 3.36. The fourth-order valence-electron chi connectivity index (χ4n) is 2.09. The average Bonchev–Trinajstić information content (AvgIpc) is 2.68. The molecule has 6 nitrogen and oxygen atoms in total. The zero-order valence-electron chi connectivity index (χ0n) is 15.0. The van der Waals surface area contributed by atoms with E-state index in [1.807, 2.05) is 0 Å². The van der Waals surface area contributed by atoms with Crippen molar-refractivity contribution in [2.45, 2.75) is 25.7 Å². The molecule has 2 amide bonds. The Bertz CT molecular complexity index is 785. The first kappa shape index (κ1) is 22.2. The van der Waals surface area contributed by atoms with Gasteiger partial charge in [0, 0.05) is 25.4 Å². The molecule has 2 rings (SSSR count). The molecule has 0 aliphatic carbocycles. The lowest BCUT2D eigenvalue weighted by molar-refractivity contribution is -0.154. The van der Waals surface area contributed by atoms with Crippen molar-refractivity contribution in [3.05, 3.63) is 53.7 Å². The minimum Gasteiger partial charge on any atom is -0.488 e. The number of amides is 2. The van der Waals surface area contributed by atoms with Crippen LogP contribution in [0, 0.1) is 0 Å². The van der Waals surface area contributed by atoms with E-state index in [1.54, 1.807) is 12.1 Å². The van der Waals surface area contributed by atoms with Crippen LogP contribution in [0.25, 0.3) is 0 Å². The Kier molecular flexibility index (Phi) is 7.98. The summed E-state index contributed by atoms with van der Waals surface area (Å²) in [6, 6.07) is 8.62. The van der Waals surface area contributed by atoms with Gasteiger partial charge in [0.25, 0.3) is 6.43 Å². The van der Waals surface area contributed by atoms with E-state index in [0.717, 1.165) is 0 Å². The number of ether oxygens (including phenoxy) is 2. The Hall–Kier alpha value is -3.11. The highest BCUT2D eigenvalue weighted by molar-refractivity contribution is 5.73. The molecular weight excluding hydrogens is 401 g/mol. The largest absolute Gasteiger partial charge is 0.488 e. The Morgan fingerprint density at radius 2 is 1.76 bits per heavy atom. The molecule has 2 aromatic rings. The van der Waals surface area contributed by atoms with E-state index in [9.17, 15) is 26.7 Å². The molecule has 0 radical (unpaired) electrons. The third-order valence-electron chi connectivity index (χ3n) is 3.36. The molecule has 0 saturated heterocycles. The Morgan fingerprint density at radius 3 is 2.38 bits per heavy atom. The highest BCUT2D eigenvalue weighted by Gasteiger charge is 2.28. The van der Waals surface area contributed by atoms with E-state index in [2.05, 4.69) is 20.4 Å². The van der Waals surface area contributed by atoms with E-state index in [1.165, 1.54) is 30.5 Å². The van der Waals surface area contributed by atoms with Crippen LogP contribution in [0.4, 0.5) is 26.7 Å². The second-order valence-electron chi connectivity index (χ2n) is 5.79. The summed E-state index contributed by atoms with van der Waals surface area (Å²) in [6.07, 6.45) is -5.74. The Labute approximate surface area is 163 Å². The highest BCUT2D eigenvalue weighted by atomic mass is 19.4. The standard InChI is InChI=1S/C18H18F5N3O3/c19-15(20)10-28-14-3-1-2-12(6-14)7-25-17(27)26-9-13-4-5-16(24-8-13)29-11-18(21,22)23/h1-6,8,15H,7,9-11H2,(H2,25,26,27). The number of aromatic nitrogens is 1. The van der Waals surface area contributed by atoms with Gasteiger partial charge >= 0.3 is 12.2 Å². The lowest BCUT2D eigenvalue weighted by atomic mass is 10.2. The van der Waals surface area contributed by atoms with Crippen molar-refractivity contribution in [3.8, 4) is 11.6 Å². The first-order chi connectivity index (χ1) is 13.7. The SMILES string of the molecule is O=C(NCc1ccc(OCC(F)(F)F)nc1)NCc1cccc(OCC(F)F)c1. The first-order valence-corrected chi connectivity index (χ1v) is 8.37. The highest BCUT2D eigenvalue weighted by Crippen LogP contribution is 2.17. The zero-order valence-corrected chi connectivity index (χ0v) is 15.0. The number of urea groups is 1. The van der Waals surface area contributed by atoms with Crippen molar-refractivity contribution in [2.24, 2.45) is 0 Å². The van der Waals surface area contributed by atoms with E-state index in [4.69, 9.17) is 4.74 Å². The van der Waals surface area contributed by atoms with Gasteiger partial charge in [-0.2, -0.15) is 13.2 Å². The maximum Gasteiger partial charge on any atom is 0.422 e. The molecule has 0 bridgehead atoms. The number of benzene rings is 1. The molecule has 0 aliphatic heterocycles. The minimum absolute atomic E-state index is 0.0932. The summed E-state index contributed by atoms with van der Waals surface area (Å²) >= 11 is 0. The molecule has 0 unspecified atom stereocenters. The predicted octanol–water partition coefficient (Wildman–Crippen LogP) is 3.67. The molecule has 0 fully saturated rings. The van der Waals surface area contributed by atoms with E-state index in [0.29, 0.717) is 11.1 Å². The monoisotopic (exact) mass is 419 g/mol. The lowest BCUT2D eigenvalue weighted by Crippen LogP contribution is -2.34. The number of carbonyl (C=O) groups is 1. The second-order valence-corrected chi connectivity index (χ2v) is 5.79. The Morgan fingerprint density at radius 1 is 1.03 bits per heavy atom. The molecule has 158 valence electrons. The topological polar surface area (TPSA) is 72.5 Å². The molecule has 0 spiro atoms. The van der Waals surface area contributed by atoms with Crippen molar-refractivity contribution < 1.29 is 36.2 Å². The van der Waals surface area contributed by atoms with Gasteiger partial charge in [-0.3, -0.25) is 0 Å². The van der Waals surface area contributed by atoms with Crippen LogP contribution in [0.3, 0.4) is 0 Å². The number of alkyl halides is 5. The lowest BCUT2D eigenvalue weighted by Gasteiger charge is -2.10. The van der Waals surface area contributed by atoms with Crippen molar-refractivity contribution in [3.63, 3.8) is 0 Å². The number of pyridine rings is 1. The molecule has 1 aromatic heterocycles. The van der Waals surface area contributed by atoms with Crippen molar-refractivity contribution in [2.75, 3.05) is 13.2 Å². The van der Waals surface area contributed by atoms with Crippen LogP contribution < -0.4 is 20.1 Å². The first-order valence-electron chi connectivity index (χ1n) is 8.37. The normalized spacial score (nSPS) is 11.2. The van der Waals surface area contributed by atoms with Crippen LogP contribution in [0.15, 0.2) is 42.6 Å². The molecule has 11 heteroatoms. The van der Waals surface area contributed by atoms with E-state index in [-0.39, 0.29) is 24.7 Å². The van der Waals surface area contributed by atoms with Gasteiger partial charge in [0.1, 0.15) is 12.4 Å². The van der Waals surface area contributed by atoms with Crippen LogP contribution in [-0.2, 0) is 13.1 Å². The molecular formula is C18H18F5N3O3. The number of hydrogen-bond donors (Lipinski definition) is 2. The summed E-state index contributed by atoms with van der Waals surface area (Å²) in [5, 5.41) is 5.14. The Balaban J connectivity index is 1.74. The van der Waals surface area contributed by atoms with Gasteiger partial charge in [0.2, 0.25) is 5.88 Å². The maximum atomic E-state index is 12.2. The molecule has 0 saturated carbocycles. The molecule has 0 aliphatic rings. The number of carbonyl (C=O) groups excluding carboxylic acids is 1. The quantitative estimate of drug-likeness (QED) is 0.609. The number of nitrogens with zero attached hydrogens (tertiary/aromatic N) is 1.